The molecule has 0 aliphatic carbocycles. The number of hydrogen-bond acceptors (Lipinski definition) is 7. The van der Waals surface area contributed by atoms with Crippen LogP contribution in [-0.4, -0.2) is 32.7 Å². The number of ether oxygens (including phenoxy) is 1. The minimum Gasteiger partial charge on any atom is -0.497 e. The molecule has 1 unspecified atom stereocenters. The van der Waals surface area contributed by atoms with E-state index < -0.39 is 10.8 Å². The fourth-order valence-electron chi connectivity index (χ4n) is 3.79. The molecule has 0 fully saturated rings. The highest BCUT2D eigenvalue weighted by molar-refractivity contribution is 6.30. The molecule has 3 aromatic carbocycles. The van der Waals surface area contributed by atoms with Crippen LogP contribution in [-0.2, 0) is 0 Å². The monoisotopic (exact) mass is 538 g/mol. The van der Waals surface area contributed by atoms with Gasteiger partial charge >= 0.3 is 0 Å². The first-order valence-electron chi connectivity index (χ1n) is 10.8. The number of non-ortho nitro benzene ring substituents is 1. The van der Waals surface area contributed by atoms with Crippen LogP contribution in [0.15, 0.2) is 78.9 Å². The quantitative estimate of drug-likeness (QED) is 0.242. The Balaban J connectivity index is 0.00000320. The third-order valence-electron chi connectivity index (χ3n) is 5.64. The molecule has 0 saturated carbocycles. The van der Waals surface area contributed by atoms with E-state index in [0.717, 1.165) is 22.6 Å². The van der Waals surface area contributed by atoms with Crippen LogP contribution >= 0.6 is 24.0 Å². The van der Waals surface area contributed by atoms with Crippen LogP contribution in [0.3, 0.4) is 0 Å². The second-order valence-electron chi connectivity index (χ2n) is 7.89. The number of aromatic nitrogens is 3. The zero-order valence-electron chi connectivity index (χ0n) is 19.3. The van der Waals surface area contributed by atoms with Crippen LogP contribution in [0, 0.1) is 10.1 Å². The number of allylic oxidation sites excluding steroid dienone is 1. The van der Waals surface area contributed by atoms with Gasteiger partial charge in [-0.15, -0.1) is 17.5 Å². The molecule has 1 amide bonds. The van der Waals surface area contributed by atoms with Crippen molar-refractivity contribution in [3.05, 3.63) is 111 Å². The van der Waals surface area contributed by atoms with E-state index in [4.69, 9.17) is 16.3 Å². The molecule has 0 radical (unpaired) electrons. The maximum absolute atomic E-state index is 12.7. The number of rotatable bonds is 6. The number of methoxy groups -OCH3 is 1. The summed E-state index contributed by atoms with van der Waals surface area (Å²) in [5.74, 6) is 0.761. The molecule has 5 rings (SSSR count). The van der Waals surface area contributed by atoms with E-state index in [1.54, 1.807) is 23.9 Å². The average molecular weight is 539 g/mol. The van der Waals surface area contributed by atoms with Gasteiger partial charge in [0.15, 0.2) is 0 Å². The molecule has 1 atom stereocenters. The van der Waals surface area contributed by atoms with Gasteiger partial charge in [-0.2, -0.15) is 4.98 Å². The first kappa shape index (κ1) is 25.7. The van der Waals surface area contributed by atoms with Crippen molar-refractivity contribution >= 4 is 53.2 Å². The zero-order valence-corrected chi connectivity index (χ0v) is 20.9. The van der Waals surface area contributed by atoms with Gasteiger partial charge in [0, 0.05) is 28.4 Å². The van der Waals surface area contributed by atoms with Crippen LogP contribution in [0.4, 0.5) is 17.6 Å². The number of anilines is 2. The van der Waals surface area contributed by atoms with Gasteiger partial charge in [-0.3, -0.25) is 20.2 Å². The van der Waals surface area contributed by atoms with Crippen LogP contribution in [0.2, 0.25) is 5.02 Å². The highest BCUT2D eigenvalue weighted by Crippen LogP contribution is 2.34. The van der Waals surface area contributed by atoms with Gasteiger partial charge in [-0.1, -0.05) is 35.9 Å². The summed E-state index contributed by atoms with van der Waals surface area (Å²) in [6.45, 7) is 0. The van der Waals surface area contributed by atoms with Crippen molar-refractivity contribution in [2.45, 2.75) is 6.04 Å². The summed E-state index contributed by atoms with van der Waals surface area (Å²) in [4.78, 5) is 27.5. The van der Waals surface area contributed by atoms with Crippen molar-refractivity contribution < 1.29 is 14.5 Å². The van der Waals surface area contributed by atoms with Crippen molar-refractivity contribution in [2.75, 3.05) is 17.7 Å². The molecule has 0 saturated heterocycles. The summed E-state index contributed by atoms with van der Waals surface area (Å²) in [5.41, 5.74) is 2.79. The summed E-state index contributed by atoms with van der Waals surface area (Å²) in [6, 6.07) is 20.0. The average Bonchev–Trinajstić information content (AvgIpc) is 3.31. The molecule has 1 aliphatic rings. The summed E-state index contributed by atoms with van der Waals surface area (Å²) in [7, 11) is 1.60. The fourth-order valence-corrected chi connectivity index (χ4v) is 3.92. The fraction of sp³-hybridized carbons (Fsp3) is 0.0800. The molecule has 0 bridgehead atoms. The number of hydrogen-bond donors (Lipinski definition) is 2. The van der Waals surface area contributed by atoms with Crippen LogP contribution < -0.4 is 15.4 Å². The smallest absolute Gasteiger partial charge is 0.269 e. The molecule has 12 heteroatoms. The van der Waals surface area contributed by atoms with Crippen molar-refractivity contribution in [3.8, 4) is 5.75 Å². The number of carbonyl (C=O) groups is 1. The normalized spacial score (nSPS) is 13.9. The molecule has 4 aromatic rings. The maximum atomic E-state index is 12.7. The summed E-state index contributed by atoms with van der Waals surface area (Å²) in [6.07, 6.45) is 2.01. The number of nitro groups is 1. The SMILES string of the molecule is COc1ccc(C2C=C(c3ccc(Cl)cc3)Nc3nc(NC(=O)c4ccc([N+](=O)[O-])cc4)nn32)cc1.Cl. The van der Waals surface area contributed by atoms with Crippen molar-refractivity contribution in [2.24, 2.45) is 0 Å². The van der Waals surface area contributed by atoms with Crippen molar-refractivity contribution in [1.29, 1.82) is 0 Å². The summed E-state index contributed by atoms with van der Waals surface area (Å²) >= 11 is 6.06. The standard InChI is InChI=1S/C25H19ClN6O4.ClH/c1-36-20-12-6-16(7-13-20)22-14-21(15-2-8-18(26)9-3-15)27-25-29-24(30-31(22)25)28-23(33)17-4-10-19(11-5-17)32(34)35;/h2-14,22H,1H3,(H2,27,28,29,30,33);1H. The lowest BCUT2D eigenvalue weighted by Crippen LogP contribution is -2.20. The lowest BCUT2D eigenvalue weighted by molar-refractivity contribution is -0.384. The Morgan fingerprint density at radius 3 is 2.38 bits per heavy atom. The van der Waals surface area contributed by atoms with Gasteiger partial charge in [-0.25, -0.2) is 4.68 Å². The van der Waals surface area contributed by atoms with Crippen LogP contribution in [0.1, 0.15) is 27.5 Å². The second-order valence-corrected chi connectivity index (χ2v) is 8.33. The predicted octanol–water partition coefficient (Wildman–Crippen LogP) is 5.58. The zero-order chi connectivity index (χ0) is 25.2. The number of nitro benzene ring substituents is 1. The molecule has 2 heterocycles. The van der Waals surface area contributed by atoms with E-state index in [9.17, 15) is 14.9 Å². The minimum atomic E-state index is -0.525. The van der Waals surface area contributed by atoms with E-state index in [-0.39, 0.29) is 35.6 Å². The van der Waals surface area contributed by atoms with Crippen molar-refractivity contribution in [3.63, 3.8) is 0 Å². The summed E-state index contributed by atoms with van der Waals surface area (Å²) in [5, 5.41) is 21.9. The molecule has 37 heavy (non-hydrogen) atoms. The number of amides is 1. The van der Waals surface area contributed by atoms with E-state index in [2.05, 4.69) is 20.7 Å². The van der Waals surface area contributed by atoms with Gasteiger partial charge in [-0.05, 0) is 53.6 Å². The van der Waals surface area contributed by atoms with E-state index >= 15 is 0 Å². The molecule has 1 aliphatic heterocycles. The molecule has 1 aromatic heterocycles. The number of benzene rings is 3. The van der Waals surface area contributed by atoms with Gasteiger partial charge in [0.05, 0.1) is 12.0 Å². The Morgan fingerprint density at radius 1 is 1.08 bits per heavy atom. The molecular formula is C25H20Cl2N6O4. The number of carbonyl (C=O) groups excluding carboxylic acids is 1. The van der Waals surface area contributed by atoms with E-state index in [0.29, 0.717) is 11.0 Å². The first-order valence-corrected chi connectivity index (χ1v) is 11.2. The van der Waals surface area contributed by atoms with Crippen molar-refractivity contribution in [1.82, 2.24) is 14.8 Å². The predicted molar refractivity (Wildman–Crippen MR) is 143 cm³/mol. The van der Waals surface area contributed by atoms with E-state index in [1.165, 1.54) is 24.3 Å². The Kier molecular flexibility index (Phi) is 7.42. The largest absolute Gasteiger partial charge is 0.497 e. The van der Waals surface area contributed by atoms with Gasteiger partial charge in [0.1, 0.15) is 11.8 Å². The second kappa shape index (κ2) is 10.7. The lowest BCUT2D eigenvalue weighted by atomic mass is 10.0. The number of nitrogens with zero attached hydrogens (tertiary/aromatic N) is 4. The Labute approximate surface area is 222 Å². The molecular weight excluding hydrogens is 519 g/mol. The molecule has 188 valence electrons. The molecule has 10 nitrogen and oxygen atoms in total. The number of halogens is 2. The van der Waals surface area contributed by atoms with E-state index in [1.807, 2.05) is 42.5 Å². The first-order chi connectivity index (χ1) is 17.4. The Bertz CT molecular complexity index is 1470. The Morgan fingerprint density at radius 2 is 1.76 bits per heavy atom. The minimum absolute atomic E-state index is 0. The highest BCUT2D eigenvalue weighted by atomic mass is 35.5. The topological polar surface area (TPSA) is 124 Å². The number of nitrogens with one attached hydrogen (secondary N) is 2. The highest BCUT2D eigenvalue weighted by Gasteiger charge is 2.26. The molecule has 2 N–H and O–H groups in total. The van der Waals surface area contributed by atoms with Gasteiger partial charge < -0.3 is 10.1 Å². The number of fused-ring (bicyclic) bond motifs is 1. The maximum Gasteiger partial charge on any atom is 0.269 e. The van der Waals surface area contributed by atoms with Gasteiger partial charge in [0.2, 0.25) is 5.95 Å². The Hall–Kier alpha value is -4.41. The lowest BCUT2D eigenvalue weighted by Gasteiger charge is -2.24. The van der Waals surface area contributed by atoms with Crippen LogP contribution in [0.5, 0.6) is 5.75 Å². The third kappa shape index (κ3) is 5.40. The molecule has 0 spiro atoms. The van der Waals surface area contributed by atoms with Gasteiger partial charge in [0.25, 0.3) is 17.5 Å². The summed E-state index contributed by atoms with van der Waals surface area (Å²) < 4.78 is 6.95. The third-order valence-corrected chi connectivity index (χ3v) is 5.90. The van der Waals surface area contributed by atoms with Crippen LogP contribution in [0.25, 0.3) is 5.70 Å².